The molecule has 0 aliphatic carbocycles. The van der Waals surface area contributed by atoms with Crippen LogP contribution in [0.5, 0.6) is 0 Å². The van der Waals surface area contributed by atoms with Crippen LogP contribution in [0.3, 0.4) is 0 Å². The van der Waals surface area contributed by atoms with Gasteiger partial charge in [0.15, 0.2) is 5.69 Å². The van der Waals surface area contributed by atoms with Crippen LogP contribution in [-0.4, -0.2) is 24.5 Å². The summed E-state index contributed by atoms with van der Waals surface area (Å²) in [4.78, 5) is 0. The molecular weight excluding hydrogens is 218 g/mol. The van der Waals surface area contributed by atoms with E-state index in [4.69, 9.17) is 7.85 Å². The van der Waals surface area contributed by atoms with Gasteiger partial charge >= 0.3 is 6.18 Å². The molecule has 3 nitrogen and oxygen atoms in total. The van der Waals surface area contributed by atoms with E-state index >= 15 is 0 Å². The minimum Gasteiger partial charge on any atom is -0.373 e. The Balaban J connectivity index is 2.73. The Bertz CT molecular complexity index is 533. The molecule has 0 aliphatic heterocycles. The molecule has 0 amide bonds. The number of alkyl halides is 3. The molecule has 2 aromatic heterocycles. The maximum Gasteiger partial charge on any atom is 0.435 e. The van der Waals surface area contributed by atoms with Gasteiger partial charge in [0.1, 0.15) is 13.7 Å². The molecule has 0 bridgehead atoms. The van der Waals surface area contributed by atoms with Crippen LogP contribution in [0, 0.1) is 0 Å². The van der Waals surface area contributed by atoms with Gasteiger partial charge in [-0.3, -0.25) is 0 Å². The van der Waals surface area contributed by atoms with Crippen LogP contribution in [0.15, 0.2) is 18.2 Å². The Morgan fingerprint density at radius 2 is 2.06 bits per heavy atom. The van der Waals surface area contributed by atoms with Gasteiger partial charge in [0.25, 0.3) is 0 Å². The highest BCUT2D eigenvalue weighted by atomic mass is 19.4. The Morgan fingerprint density at radius 1 is 1.38 bits per heavy atom. The quantitative estimate of drug-likeness (QED) is 0.738. The first kappa shape index (κ1) is 10.8. The molecule has 2 rings (SSSR count). The van der Waals surface area contributed by atoms with Crippen LogP contribution in [0.4, 0.5) is 19.0 Å². The van der Waals surface area contributed by atoms with Gasteiger partial charge in [0.05, 0.1) is 5.52 Å². The smallest absolute Gasteiger partial charge is 0.373 e. The average Bonchev–Trinajstić information content (AvgIpc) is 2.63. The summed E-state index contributed by atoms with van der Waals surface area (Å²) in [6, 6.07) is 4.02. The van der Waals surface area contributed by atoms with E-state index in [1.165, 1.54) is 6.07 Å². The van der Waals surface area contributed by atoms with Gasteiger partial charge in [0.2, 0.25) is 0 Å². The zero-order chi connectivity index (χ0) is 11.9. The van der Waals surface area contributed by atoms with Crippen LogP contribution >= 0.6 is 0 Å². The van der Waals surface area contributed by atoms with Crippen LogP contribution < -0.4 is 10.8 Å². The van der Waals surface area contributed by atoms with Gasteiger partial charge < -0.3 is 5.32 Å². The summed E-state index contributed by atoms with van der Waals surface area (Å²) < 4.78 is 38.5. The summed E-state index contributed by atoms with van der Waals surface area (Å²) in [7, 11) is 7.18. The van der Waals surface area contributed by atoms with Gasteiger partial charge in [-0.25, -0.2) is 4.52 Å². The summed E-state index contributed by atoms with van der Waals surface area (Å²) in [6.07, 6.45) is -4.47. The molecule has 0 saturated carbocycles. The molecule has 82 valence electrons. The SMILES string of the molecule is [B]c1ccc(NC)n2nc(C(F)(F)F)cc12. The van der Waals surface area contributed by atoms with E-state index in [9.17, 15) is 13.2 Å². The van der Waals surface area contributed by atoms with Crippen molar-refractivity contribution in [3.05, 3.63) is 23.9 Å². The van der Waals surface area contributed by atoms with Crippen molar-refractivity contribution < 1.29 is 13.2 Å². The number of pyridine rings is 1. The van der Waals surface area contributed by atoms with Crippen LogP contribution in [-0.2, 0) is 6.18 Å². The third kappa shape index (κ3) is 1.62. The Labute approximate surface area is 90.7 Å². The predicted molar refractivity (Wildman–Crippen MR) is 55.1 cm³/mol. The number of nitrogens with one attached hydrogen (secondary N) is 1. The lowest BCUT2D eigenvalue weighted by Crippen LogP contribution is -2.10. The molecule has 16 heavy (non-hydrogen) atoms. The van der Waals surface area contributed by atoms with E-state index < -0.39 is 11.9 Å². The van der Waals surface area contributed by atoms with Gasteiger partial charge in [-0.15, -0.1) is 0 Å². The molecule has 7 heteroatoms. The second-order valence-corrected chi connectivity index (χ2v) is 3.25. The molecule has 2 aromatic rings. The van der Waals surface area contributed by atoms with E-state index in [-0.39, 0.29) is 11.0 Å². The van der Waals surface area contributed by atoms with Crippen LogP contribution in [0.1, 0.15) is 5.69 Å². The molecule has 0 aliphatic rings. The summed E-state index contributed by atoms with van der Waals surface area (Å²) in [6.45, 7) is 0. The van der Waals surface area contributed by atoms with Crippen molar-refractivity contribution in [3.8, 4) is 0 Å². The summed E-state index contributed by atoms with van der Waals surface area (Å²) >= 11 is 0. The van der Waals surface area contributed by atoms with E-state index in [1.54, 1.807) is 13.1 Å². The summed E-state index contributed by atoms with van der Waals surface area (Å²) in [5.74, 6) is 0.444. The van der Waals surface area contributed by atoms with Crippen molar-refractivity contribution in [1.82, 2.24) is 9.61 Å². The van der Waals surface area contributed by atoms with Gasteiger partial charge in [-0.1, -0.05) is 11.5 Å². The van der Waals surface area contributed by atoms with Crippen molar-refractivity contribution in [3.63, 3.8) is 0 Å². The third-order valence-corrected chi connectivity index (χ3v) is 2.20. The number of hydrogen-bond donors (Lipinski definition) is 1. The van der Waals surface area contributed by atoms with Crippen LogP contribution in [0.25, 0.3) is 5.52 Å². The van der Waals surface area contributed by atoms with Gasteiger partial charge in [0, 0.05) is 7.05 Å². The number of rotatable bonds is 1. The number of nitrogens with zero attached hydrogens (tertiary/aromatic N) is 2. The monoisotopic (exact) mass is 225 g/mol. The third-order valence-electron chi connectivity index (χ3n) is 2.20. The van der Waals surface area contributed by atoms with E-state index in [1.807, 2.05) is 0 Å². The normalized spacial score (nSPS) is 12.0. The zero-order valence-corrected chi connectivity index (χ0v) is 8.34. The maximum absolute atomic E-state index is 12.5. The lowest BCUT2D eigenvalue weighted by atomic mass is 9.96. The predicted octanol–water partition coefficient (Wildman–Crippen LogP) is 1.19. The van der Waals surface area contributed by atoms with E-state index in [2.05, 4.69) is 10.4 Å². The molecule has 0 saturated heterocycles. The lowest BCUT2D eigenvalue weighted by Gasteiger charge is -2.05. The minimum atomic E-state index is -4.47. The highest BCUT2D eigenvalue weighted by molar-refractivity contribution is 6.36. The fourth-order valence-corrected chi connectivity index (χ4v) is 1.42. The second-order valence-electron chi connectivity index (χ2n) is 3.25. The topological polar surface area (TPSA) is 29.3 Å². The van der Waals surface area contributed by atoms with Crippen molar-refractivity contribution in [2.45, 2.75) is 6.18 Å². The Hall–Kier alpha value is -1.66. The summed E-state index contributed by atoms with van der Waals surface area (Å²) in [5, 5.41) is 6.20. The lowest BCUT2D eigenvalue weighted by molar-refractivity contribution is -0.141. The largest absolute Gasteiger partial charge is 0.435 e. The number of aromatic nitrogens is 2. The van der Waals surface area contributed by atoms with Crippen LogP contribution in [0.2, 0.25) is 0 Å². The van der Waals surface area contributed by atoms with Crippen molar-refractivity contribution in [2.24, 2.45) is 0 Å². The first-order chi connectivity index (χ1) is 7.43. The molecule has 2 radical (unpaired) electrons. The fourth-order valence-electron chi connectivity index (χ4n) is 1.42. The van der Waals surface area contributed by atoms with Crippen molar-refractivity contribution in [1.29, 1.82) is 0 Å². The maximum atomic E-state index is 12.5. The van der Waals surface area contributed by atoms with E-state index in [0.717, 1.165) is 10.6 Å². The first-order valence-electron chi connectivity index (χ1n) is 4.46. The summed E-state index contributed by atoms with van der Waals surface area (Å²) in [5.41, 5.74) is -0.469. The van der Waals surface area contributed by atoms with Gasteiger partial charge in [-0.05, 0) is 12.1 Å². The average molecular weight is 225 g/mol. The number of anilines is 1. The molecule has 0 spiro atoms. The Morgan fingerprint density at radius 3 is 2.62 bits per heavy atom. The standard InChI is InChI=1S/C9H7BF3N3/c1-14-8-3-2-5(10)6-4-7(9(11,12)13)15-16(6)8/h2-4,14H,1H3. The molecule has 0 unspecified atom stereocenters. The second kappa shape index (κ2) is 3.43. The zero-order valence-electron chi connectivity index (χ0n) is 8.34. The highest BCUT2D eigenvalue weighted by Gasteiger charge is 2.34. The van der Waals surface area contributed by atoms with Crippen molar-refractivity contribution >= 4 is 24.6 Å². The number of hydrogen-bond acceptors (Lipinski definition) is 2. The van der Waals surface area contributed by atoms with Crippen molar-refractivity contribution in [2.75, 3.05) is 12.4 Å². The van der Waals surface area contributed by atoms with E-state index in [0.29, 0.717) is 5.82 Å². The molecule has 1 N–H and O–H groups in total. The first-order valence-corrected chi connectivity index (χ1v) is 4.46. The Kier molecular flexibility index (Phi) is 2.33. The molecule has 2 heterocycles. The number of fused-ring (bicyclic) bond motifs is 1. The highest BCUT2D eigenvalue weighted by Crippen LogP contribution is 2.29. The molecule has 0 fully saturated rings. The minimum absolute atomic E-state index is 0.235. The molecule has 0 atom stereocenters. The fraction of sp³-hybridized carbons (Fsp3) is 0.222. The molecule has 0 aromatic carbocycles. The molecular formula is C9H7BF3N3. The number of halogens is 3. The van der Waals surface area contributed by atoms with Gasteiger partial charge in [-0.2, -0.15) is 18.3 Å².